The predicted octanol–water partition coefficient (Wildman–Crippen LogP) is 1.36. The van der Waals surface area contributed by atoms with Crippen molar-refractivity contribution in [1.82, 2.24) is 4.90 Å². The van der Waals surface area contributed by atoms with E-state index in [2.05, 4.69) is 11.8 Å². The lowest BCUT2D eigenvalue weighted by Gasteiger charge is -2.68. The third kappa shape index (κ3) is 3.66. The Kier molecular flexibility index (Phi) is 6.94. The zero-order chi connectivity index (χ0) is 34.4. The highest BCUT2D eigenvalue weighted by Gasteiger charge is 2.88. The molecule has 4 saturated carbocycles. The Hall–Kier alpha value is -2.03. The van der Waals surface area contributed by atoms with Crippen molar-refractivity contribution >= 4 is 5.97 Å². The average molecular weight is 674 g/mol. The van der Waals surface area contributed by atoms with Crippen LogP contribution in [0.3, 0.4) is 0 Å². The Morgan fingerprint density at radius 3 is 2.31 bits per heavy atom. The third-order valence-corrected chi connectivity index (χ3v) is 14.9. The second kappa shape index (κ2) is 10.1. The van der Waals surface area contributed by atoms with Gasteiger partial charge in [-0.3, -0.25) is 4.90 Å². The van der Waals surface area contributed by atoms with Gasteiger partial charge in [0.15, 0.2) is 17.6 Å². The molecular formula is C36H51NO11. The number of aliphatic hydroxyl groups excluding tert-OH is 1. The summed E-state index contributed by atoms with van der Waals surface area (Å²) < 4.78 is 23.5. The molecule has 3 heterocycles. The van der Waals surface area contributed by atoms with Crippen molar-refractivity contribution < 1.29 is 54.4 Å². The smallest absolute Gasteiger partial charge is 0.338 e. The van der Waals surface area contributed by atoms with Crippen LogP contribution < -0.4 is 9.47 Å². The second-order valence-corrected chi connectivity index (χ2v) is 16.8. The van der Waals surface area contributed by atoms with Crippen LogP contribution in [0.4, 0.5) is 0 Å². The first-order valence-corrected chi connectivity index (χ1v) is 17.6. The molecule has 1 aromatic carbocycles. The van der Waals surface area contributed by atoms with Crippen LogP contribution in [0.5, 0.6) is 11.5 Å². The van der Waals surface area contributed by atoms with Crippen LogP contribution in [-0.2, 0) is 9.47 Å². The monoisotopic (exact) mass is 673 g/mol. The minimum absolute atomic E-state index is 0.101. The highest BCUT2D eigenvalue weighted by molar-refractivity contribution is 5.90. The van der Waals surface area contributed by atoms with Crippen molar-refractivity contribution in [3.63, 3.8) is 0 Å². The summed E-state index contributed by atoms with van der Waals surface area (Å²) in [7, 11) is 2.97. The predicted molar refractivity (Wildman–Crippen MR) is 169 cm³/mol. The summed E-state index contributed by atoms with van der Waals surface area (Å²) in [6, 6.07) is 4.28. The standard InChI is InChI=1S/C36H51NO11/c1-19-6-11-26-31(3,40)35(43)25(17-37(26)16-19)33(42)18-34-24(32(33,41)15-27(35)38)10-9-23-30(34,2)13-12-28(36(23,44)48-34)47-29(39)20-7-8-21(45-4)22(14-20)46-5/h7-8,14,19,23-28,38,40-44H,6,9-13,15-18H2,1-5H3/t19-,23-,24-,25-,26+,27-,28+,30+,31+,32+,33+,34+,35-,36?/m1/s1. The molecule has 0 amide bonds. The number of benzene rings is 1. The van der Waals surface area contributed by atoms with E-state index in [1.807, 2.05) is 6.92 Å². The van der Waals surface area contributed by atoms with Gasteiger partial charge in [-0.15, -0.1) is 0 Å². The topological polar surface area (TPSA) is 179 Å². The lowest BCUT2D eigenvalue weighted by atomic mass is 9.49. The van der Waals surface area contributed by atoms with Crippen molar-refractivity contribution in [3.05, 3.63) is 23.8 Å². The molecule has 12 nitrogen and oxygen atoms in total. The molecule has 3 aliphatic heterocycles. The molecule has 3 saturated heterocycles. The maximum Gasteiger partial charge on any atom is 0.338 e. The average Bonchev–Trinajstić information content (AvgIpc) is 3.21. The molecule has 0 aromatic heterocycles. The summed E-state index contributed by atoms with van der Waals surface area (Å²) in [6.07, 6.45) is 0.172. The van der Waals surface area contributed by atoms with Gasteiger partial charge in [0.2, 0.25) is 5.79 Å². The fourth-order valence-electron chi connectivity index (χ4n) is 12.6. The number of piperidine rings is 2. The third-order valence-electron chi connectivity index (χ3n) is 14.9. The second-order valence-electron chi connectivity index (χ2n) is 16.8. The Balaban J connectivity index is 1.16. The highest BCUT2D eigenvalue weighted by atomic mass is 16.7. The number of aliphatic hydroxyl groups is 6. The number of hydrogen-bond acceptors (Lipinski definition) is 12. The van der Waals surface area contributed by atoms with Crippen LogP contribution in [0.25, 0.3) is 0 Å². The van der Waals surface area contributed by atoms with E-state index in [4.69, 9.17) is 18.9 Å². The molecular weight excluding hydrogens is 622 g/mol. The molecule has 12 heteroatoms. The van der Waals surface area contributed by atoms with Crippen LogP contribution in [0.15, 0.2) is 18.2 Å². The molecule has 7 aliphatic rings. The summed E-state index contributed by atoms with van der Waals surface area (Å²) in [6.45, 7) is 6.57. The van der Waals surface area contributed by atoms with Crippen molar-refractivity contribution in [3.8, 4) is 11.5 Å². The van der Waals surface area contributed by atoms with E-state index in [9.17, 15) is 35.4 Å². The fourth-order valence-corrected chi connectivity index (χ4v) is 12.6. The molecule has 48 heavy (non-hydrogen) atoms. The van der Waals surface area contributed by atoms with Gasteiger partial charge in [0, 0.05) is 55.1 Å². The summed E-state index contributed by atoms with van der Waals surface area (Å²) in [5.74, 6) is -3.63. The van der Waals surface area contributed by atoms with E-state index >= 15 is 0 Å². The first-order valence-electron chi connectivity index (χ1n) is 17.6. The molecule has 4 bridgehead atoms. The molecule has 266 valence electrons. The van der Waals surface area contributed by atoms with Gasteiger partial charge in [-0.05, 0) is 69.6 Å². The normalized spacial score (nSPS) is 53.6. The van der Waals surface area contributed by atoms with Crippen molar-refractivity contribution in [1.29, 1.82) is 0 Å². The van der Waals surface area contributed by atoms with Crippen LogP contribution >= 0.6 is 0 Å². The molecule has 1 spiro atoms. The van der Waals surface area contributed by atoms with Gasteiger partial charge in [-0.2, -0.15) is 0 Å². The lowest BCUT2D eigenvalue weighted by Crippen LogP contribution is -2.85. The van der Waals surface area contributed by atoms with Gasteiger partial charge < -0.3 is 49.6 Å². The van der Waals surface area contributed by atoms with Crippen molar-refractivity contribution in [2.24, 2.45) is 29.1 Å². The summed E-state index contributed by atoms with van der Waals surface area (Å²) in [5.41, 5.74) is -9.44. The first-order chi connectivity index (χ1) is 22.5. The Morgan fingerprint density at radius 2 is 1.60 bits per heavy atom. The molecule has 1 unspecified atom stereocenters. The summed E-state index contributed by atoms with van der Waals surface area (Å²) in [4.78, 5) is 15.6. The largest absolute Gasteiger partial charge is 0.493 e. The van der Waals surface area contributed by atoms with Crippen LogP contribution in [-0.4, -0.2) is 121 Å². The Labute approximate surface area is 280 Å². The van der Waals surface area contributed by atoms with Crippen LogP contribution in [0, 0.1) is 29.1 Å². The zero-order valence-electron chi connectivity index (χ0n) is 28.5. The maximum atomic E-state index is 13.5. The fraction of sp³-hybridized carbons (Fsp3) is 0.806. The molecule has 4 aliphatic carbocycles. The number of esters is 1. The van der Waals surface area contributed by atoms with E-state index in [1.165, 1.54) is 20.3 Å². The SMILES string of the molecule is COc1ccc(C(=O)O[C@H]2CC[C@@]3(C)[C@H]4CC[C@H]5[C@]3(C[C@]3(O)[C@H]6CN7C[C@H](C)CC[C@H]7[C@](C)(O)[C@]6(O)[C@H](O)C[C@]53O)OC24O)cc1OC. The quantitative estimate of drug-likeness (QED) is 0.253. The number of rotatable bonds is 4. The number of methoxy groups -OCH3 is 2. The molecule has 7 fully saturated rings. The molecule has 6 N–H and O–H groups in total. The van der Waals surface area contributed by atoms with E-state index < -0.39 is 81.2 Å². The summed E-state index contributed by atoms with van der Waals surface area (Å²) >= 11 is 0. The van der Waals surface area contributed by atoms with E-state index in [1.54, 1.807) is 19.1 Å². The van der Waals surface area contributed by atoms with E-state index in [0.717, 1.165) is 6.42 Å². The van der Waals surface area contributed by atoms with Gasteiger partial charge in [-0.25, -0.2) is 4.79 Å². The maximum absolute atomic E-state index is 13.5. The minimum Gasteiger partial charge on any atom is -0.493 e. The van der Waals surface area contributed by atoms with Crippen molar-refractivity contribution in [2.75, 3.05) is 27.3 Å². The van der Waals surface area contributed by atoms with E-state index in [0.29, 0.717) is 56.1 Å². The Morgan fingerprint density at radius 1 is 0.896 bits per heavy atom. The number of carbonyl (C=O) groups is 1. The van der Waals surface area contributed by atoms with Gasteiger partial charge in [0.05, 0.1) is 31.5 Å². The van der Waals surface area contributed by atoms with E-state index in [-0.39, 0.29) is 24.9 Å². The zero-order valence-corrected chi connectivity index (χ0v) is 28.5. The molecule has 14 atom stereocenters. The highest BCUT2D eigenvalue weighted by Crippen LogP contribution is 2.78. The molecule has 0 radical (unpaired) electrons. The number of hydrogen-bond donors (Lipinski definition) is 6. The molecule has 1 aromatic rings. The lowest BCUT2D eigenvalue weighted by molar-refractivity contribution is -0.354. The number of carbonyl (C=O) groups excluding carboxylic acids is 1. The first kappa shape index (κ1) is 33.1. The number of ether oxygens (including phenoxy) is 4. The minimum atomic E-state index is -2.10. The van der Waals surface area contributed by atoms with Crippen LogP contribution in [0.1, 0.15) is 82.5 Å². The van der Waals surface area contributed by atoms with Gasteiger partial charge in [0.25, 0.3) is 0 Å². The van der Waals surface area contributed by atoms with Crippen molar-refractivity contribution in [2.45, 2.75) is 124 Å². The Bertz CT molecular complexity index is 1520. The van der Waals surface area contributed by atoms with Gasteiger partial charge in [0.1, 0.15) is 22.4 Å². The number of fused-ring (bicyclic) bond motifs is 5. The van der Waals surface area contributed by atoms with Crippen LogP contribution in [0.2, 0.25) is 0 Å². The number of nitrogens with zero attached hydrogens (tertiary/aromatic N) is 1. The van der Waals surface area contributed by atoms with Gasteiger partial charge in [-0.1, -0.05) is 13.8 Å². The summed E-state index contributed by atoms with van der Waals surface area (Å²) in [5, 5.41) is 74.7. The van der Waals surface area contributed by atoms with Gasteiger partial charge >= 0.3 is 5.97 Å². The molecule has 8 rings (SSSR count).